The van der Waals surface area contributed by atoms with E-state index in [9.17, 15) is 5.11 Å². The van der Waals surface area contributed by atoms with Crippen molar-refractivity contribution in [2.45, 2.75) is 13.3 Å². The van der Waals surface area contributed by atoms with E-state index < -0.39 is 0 Å². The van der Waals surface area contributed by atoms with Crippen LogP contribution in [0.25, 0.3) is 0 Å². The van der Waals surface area contributed by atoms with E-state index in [0.717, 1.165) is 13.1 Å². The van der Waals surface area contributed by atoms with E-state index in [1.165, 1.54) is 19.5 Å². The molecule has 2 atom stereocenters. The van der Waals surface area contributed by atoms with Gasteiger partial charge in [-0.05, 0) is 38.4 Å². The maximum atomic E-state index is 9.22. The zero-order valence-electron chi connectivity index (χ0n) is 8.79. The van der Waals surface area contributed by atoms with Crippen LogP contribution in [-0.4, -0.2) is 49.8 Å². The monoisotopic (exact) mass is 186 g/mol. The molecule has 1 aliphatic heterocycles. The molecule has 78 valence electrons. The van der Waals surface area contributed by atoms with Crippen molar-refractivity contribution in [3.63, 3.8) is 0 Å². The van der Waals surface area contributed by atoms with Crippen LogP contribution in [0.1, 0.15) is 13.3 Å². The number of nitrogens with zero attached hydrogens (tertiary/aromatic N) is 1. The number of rotatable bonds is 5. The highest BCUT2D eigenvalue weighted by Gasteiger charge is 2.27. The Balaban J connectivity index is 2.33. The highest BCUT2D eigenvalue weighted by molar-refractivity contribution is 4.80. The summed E-state index contributed by atoms with van der Waals surface area (Å²) in [5.74, 6) is 1.14. The fraction of sp³-hybridized carbons (Fsp3) is 1.00. The van der Waals surface area contributed by atoms with E-state index >= 15 is 0 Å². The Labute approximate surface area is 81.1 Å². The van der Waals surface area contributed by atoms with Crippen molar-refractivity contribution < 1.29 is 5.11 Å². The maximum absolute atomic E-state index is 9.22. The minimum absolute atomic E-state index is 0.322. The lowest BCUT2D eigenvalue weighted by Crippen LogP contribution is -2.31. The Hall–Kier alpha value is -0.120. The Morgan fingerprint density at radius 3 is 2.85 bits per heavy atom. The smallest absolute Gasteiger partial charge is 0.0474 e. The largest absolute Gasteiger partial charge is 0.396 e. The van der Waals surface area contributed by atoms with E-state index in [0.29, 0.717) is 18.4 Å². The van der Waals surface area contributed by atoms with Crippen molar-refractivity contribution in [2.24, 2.45) is 11.8 Å². The molecule has 13 heavy (non-hydrogen) atoms. The lowest BCUT2D eigenvalue weighted by Gasteiger charge is -2.21. The molecule has 1 saturated heterocycles. The van der Waals surface area contributed by atoms with Gasteiger partial charge < -0.3 is 15.3 Å². The zero-order valence-corrected chi connectivity index (χ0v) is 8.79. The van der Waals surface area contributed by atoms with E-state index in [4.69, 9.17) is 0 Å². The van der Waals surface area contributed by atoms with E-state index in [-0.39, 0.29) is 0 Å². The Morgan fingerprint density at radius 1 is 1.62 bits per heavy atom. The first-order valence-electron chi connectivity index (χ1n) is 5.29. The third-order valence-corrected chi connectivity index (χ3v) is 3.12. The molecule has 1 heterocycles. The van der Waals surface area contributed by atoms with Gasteiger partial charge in [0.2, 0.25) is 0 Å². The molecule has 1 fully saturated rings. The quantitative estimate of drug-likeness (QED) is 0.642. The molecule has 0 aromatic carbocycles. The zero-order chi connectivity index (χ0) is 9.68. The first-order valence-corrected chi connectivity index (χ1v) is 5.29. The van der Waals surface area contributed by atoms with Gasteiger partial charge in [-0.3, -0.25) is 0 Å². The minimum atomic E-state index is 0.322. The summed E-state index contributed by atoms with van der Waals surface area (Å²) in [7, 11) is 1.95. The molecule has 0 aromatic rings. The van der Waals surface area contributed by atoms with Gasteiger partial charge in [0.1, 0.15) is 0 Å². The van der Waals surface area contributed by atoms with Crippen LogP contribution in [0.15, 0.2) is 0 Å². The van der Waals surface area contributed by atoms with E-state index in [2.05, 4.69) is 17.1 Å². The summed E-state index contributed by atoms with van der Waals surface area (Å²) in [6.07, 6.45) is 1.25. The van der Waals surface area contributed by atoms with Crippen LogP contribution in [0.5, 0.6) is 0 Å². The Kier molecular flexibility index (Phi) is 4.70. The standard InChI is InChI=1S/C10H22N2O/c1-3-12-5-4-9(7-12)10(8-13)6-11-2/h9-11,13H,3-8H2,1-2H3. The van der Waals surface area contributed by atoms with Gasteiger partial charge in [0.15, 0.2) is 0 Å². The summed E-state index contributed by atoms with van der Waals surface area (Å²) in [5.41, 5.74) is 0. The van der Waals surface area contributed by atoms with Crippen molar-refractivity contribution in [3.8, 4) is 0 Å². The third-order valence-electron chi connectivity index (χ3n) is 3.12. The molecule has 3 heteroatoms. The van der Waals surface area contributed by atoms with Crippen LogP contribution >= 0.6 is 0 Å². The Morgan fingerprint density at radius 2 is 2.38 bits per heavy atom. The number of hydrogen-bond acceptors (Lipinski definition) is 3. The highest BCUT2D eigenvalue weighted by Crippen LogP contribution is 2.23. The van der Waals surface area contributed by atoms with Crippen molar-refractivity contribution >= 4 is 0 Å². The van der Waals surface area contributed by atoms with Crippen molar-refractivity contribution in [2.75, 3.05) is 39.8 Å². The van der Waals surface area contributed by atoms with E-state index in [1.54, 1.807) is 0 Å². The molecule has 0 aromatic heterocycles. The predicted octanol–water partition coefficient (Wildman–Crippen LogP) is 0.156. The molecule has 2 unspecified atom stereocenters. The molecular formula is C10H22N2O. The second-order valence-electron chi connectivity index (χ2n) is 3.94. The van der Waals surface area contributed by atoms with E-state index in [1.807, 2.05) is 7.05 Å². The predicted molar refractivity (Wildman–Crippen MR) is 54.7 cm³/mol. The van der Waals surface area contributed by atoms with Gasteiger partial charge in [-0.1, -0.05) is 6.92 Å². The normalized spacial score (nSPS) is 26.5. The summed E-state index contributed by atoms with van der Waals surface area (Å²) in [6, 6.07) is 0. The topological polar surface area (TPSA) is 35.5 Å². The lowest BCUT2D eigenvalue weighted by atomic mass is 9.92. The summed E-state index contributed by atoms with van der Waals surface area (Å²) >= 11 is 0. The average Bonchev–Trinajstić information content (AvgIpc) is 2.62. The van der Waals surface area contributed by atoms with Gasteiger partial charge in [-0.25, -0.2) is 0 Å². The number of nitrogens with one attached hydrogen (secondary N) is 1. The second kappa shape index (κ2) is 5.58. The van der Waals surface area contributed by atoms with Crippen LogP contribution in [-0.2, 0) is 0 Å². The van der Waals surface area contributed by atoms with Gasteiger partial charge in [-0.2, -0.15) is 0 Å². The second-order valence-corrected chi connectivity index (χ2v) is 3.94. The lowest BCUT2D eigenvalue weighted by molar-refractivity contribution is 0.173. The molecular weight excluding hydrogens is 164 g/mol. The average molecular weight is 186 g/mol. The Bertz CT molecular complexity index is 141. The third kappa shape index (κ3) is 2.93. The fourth-order valence-electron chi connectivity index (χ4n) is 2.18. The minimum Gasteiger partial charge on any atom is -0.396 e. The van der Waals surface area contributed by atoms with Crippen LogP contribution in [0.3, 0.4) is 0 Å². The van der Waals surface area contributed by atoms with Crippen molar-refractivity contribution in [1.82, 2.24) is 10.2 Å². The van der Waals surface area contributed by atoms with Gasteiger partial charge >= 0.3 is 0 Å². The van der Waals surface area contributed by atoms with Gasteiger partial charge in [0, 0.05) is 19.7 Å². The molecule has 1 rings (SSSR count). The number of hydrogen-bond donors (Lipinski definition) is 2. The van der Waals surface area contributed by atoms with Crippen LogP contribution < -0.4 is 5.32 Å². The summed E-state index contributed by atoms with van der Waals surface area (Å²) < 4.78 is 0. The molecule has 0 aliphatic carbocycles. The number of likely N-dealkylation sites (tertiary alicyclic amines) is 1. The molecule has 3 nitrogen and oxygen atoms in total. The molecule has 0 radical (unpaired) electrons. The molecule has 0 saturated carbocycles. The molecule has 1 aliphatic rings. The molecule has 0 spiro atoms. The van der Waals surface area contributed by atoms with Gasteiger partial charge in [0.05, 0.1) is 0 Å². The van der Waals surface area contributed by atoms with Crippen LogP contribution in [0.2, 0.25) is 0 Å². The SMILES string of the molecule is CCN1CCC(C(CO)CNC)C1. The number of aliphatic hydroxyl groups excluding tert-OH is 1. The first-order chi connectivity index (χ1) is 6.31. The molecule has 0 amide bonds. The first kappa shape index (κ1) is 11.0. The van der Waals surface area contributed by atoms with Crippen LogP contribution in [0, 0.1) is 11.8 Å². The molecule has 0 bridgehead atoms. The summed E-state index contributed by atoms with van der Waals surface area (Å²) in [5, 5.41) is 12.4. The van der Waals surface area contributed by atoms with Gasteiger partial charge in [-0.15, -0.1) is 0 Å². The fourth-order valence-corrected chi connectivity index (χ4v) is 2.18. The molecule has 2 N–H and O–H groups in total. The van der Waals surface area contributed by atoms with Crippen molar-refractivity contribution in [1.29, 1.82) is 0 Å². The number of aliphatic hydroxyl groups is 1. The van der Waals surface area contributed by atoms with Gasteiger partial charge in [0.25, 0.3) is 0 Å². The summed E-state index contributed by atoms with van der Waals surface area (Å²) in [4.78, 5) is 2.46. The highest BCUT2D eigenvalue weighted by atomic mass is 16.3. The maximum Gasteiger partial charge on any atom is 0.0474 e. The summed E-state index contributed by atoms with van der Waals surface area (Å²) in [6.45, 7) is 7.00. The van der Waals surface area contributed by atoms with Crippen molar-refractivity contribution in [3.05, 3.63) is 0 Å². The van der Waals surface area contributed by atoms with Crippen LogP contribution in [0.4, 0.5) is 0 Å².